The van der Waals surface area contributed by atoms with Crippen LogP contribution in [0, 0.1) is 0 Å². The van der Waals surface area contributed by atoms with E-state index < -0.39 is 18.5 Å². The number of likely N-dealkylation sites (tertiary alicyclic amines) is 1. The highest BCUT2D eigenvalue weighted by Crippen LogP contribution is 2.19. The maximum absolute atomic E-state index is 11.8. The molecule has 86 valence electrons. The van der Waals surface area contributed by atoms with E-state index in [1.165, 1.54) is 11.8 Å². The van der Waals surface area contributed by atoms with Crippen LogP contribution in [0.15, 0.2) is 0 Å². The van der Waals surface area contributed by atoms with Crippen LogP contribution in [0.1, 0.15) is 13.3 Å². The molecule has 0 saturated carbocycles. The van der Waals surface area contributed by atoms with E-state index >= 15 is 0 Å². The van der Waals surface area contributed by atoms with Crippen molar-refractivity contribution in [1.29, 1.82) is 0 Å². The number of nitrogens with one attached hydrogen (secondary N) is 1. The summed E-state index contributed by atoms with van der Waals surface area (Å²) in [6.45, 7) is 1.95. The van der Waals surface area contributed by atoms with Crippen molar-refractivity contribution in [2.24, 2.45) is 0 Å². The molecule has 1 saturated heterocycles. The molecule has 1 N–H and O–H groups in total. The summed E-state index contributed by atoms with van der Waals surface area (Å²) >= 11 is 0. The lowest BCUT2D eigenvalue weighted by Crippen LogP contribution is -2.60. The Hall–Kier alpha value is -1.27. The summed E-state index contributed by atoms with van der Waals surface area (Å²) in [6, 6.07) is -0.344. The maximum atomic E-state index is 11.8. The van der Waals surface area contributed by atoms with Crippen molar-refractivity contribution in [3.8, 4) is 0 Å². The summed E-state index contributed by atoms with van der Waals surface area (Å²) in [5.41, 5.74) is 0. The van der Waals surface area contributed by atoms with Crippen molar-refractivity contribution in [1.82, 2.24) is 10.2 Å². The molecule has 1 heterocycles. The van der Waals surface area contributed by atoms with Gasteiger partial charge in [0.15, 0.2) is 0 Å². The Morgan fingerprint density at radius 1 is 1.40 bits per heavy atom. The minimum Gasteiger partial charge on any atom is -0.350 e. The topological polar surface area (TPSA) is 49.4 Å². The molecule has 1 aliphatic heterocycles. The second-order valence-electron chi connectivity index (χ2n) is 3.48. The zero-order valence-electron chi connectivity index (χ0n) is 8.10. The Bertz CT molecular complexity index is 272. The lowest BCUT2D eigenvalue weighted by atomic mass is 10.1. The SMILES string of the molecule is CC(=O)N1CC(NC(=O)CC(F)(F)F)C1. The van der Waals surface area contributed by atoms with Crippen molar-refractivity contribution >= 4 is 11.8 Å². The molecule has 1 aliphatic rings. The van der Waals surface area contributed by atoms with E-state index in [1.807, 2.05) is 0 Å². The number of halogens is 3. The Labute approximate surface area is 84.4 Å². The van der Waals surface area contributed by atoms with Crippen molar-refractivity contribution < 1.29 is 22.8 Å². The molecule has 0 unspecified atom stereocenters. The summed E-state index contributed by atoms with van der Waals surface area (Å²) in [5.74, 6) is -1.19. The van der Waals surface area contributed by atoms with Gasteiger partial charge in [0.05, 0.1) is 6.04 Å². The molecule has 0 aliphatic carbocycles. The molecule has 1 rings (SSSR count). The molecule has 0 aromatic rings. The van der Waals surface area contributed by atoms with Gasteiger partial charge < -0.3 is 10.2 Å². The van der Waals surface area contributed by atoms with Crippen molar-refractivity contribution in [2.45, 2.75) is 25.6 Å². The van der Waals surface area contributed by atoms with E-state index in [4.69, 9.17) is 0 Å². The molecule has 0 radical (unpaired) electrons. The fourth-order valence-corrected chi connectivity index (χ4v) is 1.29. The third kappa shape index (κ3) is 3.77. The van der Waals surface area contributed by atoms with E-state index in [-0.39, 0.29) is 11.9 Å². The second kappa shape index (κ2) is 4.08. The lowest BCUT2D eigenvalue weighted by molar-refractivity contribution is -0.156. The number of carbonyl (C=O) groups is 2. The number of hydrogen-bond acceptors (Lipinski definition) is 2. The van der Waals surface area contributed by atoms with Gasteiger partial charge in [-0.1, -0.05) is 0 Å². The standard InChI is InChI=1S/C8H11F3N2O2/c1-5(14)13-3-6(4-13)12-7(15)2-8(9,10)11/h6H,2-4H2,1H3,(H,12,15). The first-order valence-electron chi connectivity index (χ1n) is 4.39. The van der Waals surface area contributed by atoms with E-state index in [9.17, 15) is 22.8 Å². The van der Waals surface area contributed by atoms with Crippen LogP contribution < -0.4 is 5.32 Å². The average molecular weight is 224 g/mol. The van der Waals surface area contributed by atoms with Crippen molar-refractivity contribution in [2.75, 3.05) is 13.1 Å². The van der Waals surface area contributed by atoms with E-state index in [0.29, 0.717) is 13.1 Å². The fourth-order valence-electron chi connectivity index (χ4n) is 1.29. The van der Waals surface area contributed by atoms with Gasteiger partial charge in [0, 0.05) is 20.0 Å². The predicted octanol–water partition coefficient (Wildman–Crippen LogP) is 0.286. The molecule has 0 bridgehead atoms. The van der Waals surface area contributed by atoms with Crippen LogP contribution >= 0.6 is 0 Å². The number of nitrogens with zero attached hydrogens (tertiary/aromatic N) is 1. The molecular weight excluding hydrogens is 213 g/mol. The largest absolute Gasteiger partial charge is 0.397 e. The quantitative estimate of drug-likeness (QED) is 0.732. The molecule has 7 heteroatoms. The summed E-state index contributed by atoms with van der Waals surface area (Å²) in [5, 5.41) is 2.20. The second-order valence-corrected chi connectivity index (χ2v) is 3.48. The van der Waals surface area contributed by atoms with Gasteiger partial charge in [-0.05, 0) is 0 Å². The average Bonchev–Trinajstić information content (AvgIpc) is 1.91. The lowest BCUT2D eigenvalue weighted by Gasteiger charge is -2.38. The Morgan fingerprint density at radius 3 is 2.33 bits per heavy atom. The zero-order chi connectivity index (χ0) is 11.6. The van der Waals surface area contributed by atoms with E-state index in [2.05, 4.69) is 5.32 Å². The van der Waals surface area contributed by atoms with E-state index in [0.717, 1.165) is 0 Å². The first-order chi connectivity index (χ1) is 6.78. The fraction of sp³-hybridized carbons (Fsp3) is 0.750. The highest BCUT2D eigenvalue weighted by Gasteiger charge is 2.34. The summed E-state index contributed by atoms with van der Waals surface area (Å²) in [7, 11) is 0. The Kier molecular flexibility index (Phi) is 3.21. The van der Waals surface area contributed by atoms with Gasteiger partial charge in [0.1, 0.15) is 6.42 Å². The van der Waals surface area contributed by atoms with Gasteiger partial charge in [-0.15, -0.1) is 0 Å². The monoisotopic (exact) mass is 224 g/mol. The first kappa shape index (κ1) is 11.8. The van der Waals surface area contributed by atoms with E-state index in [1.54, 1.807) is 0 Å². The van der Waals surface area contributed by atoms with Gasteiger partial charge in [-0.25, -0.2) is 0 Å². The van der Waals surface area contributed by atoms with Crippen LogP contribution in [-0.2, 0) is 9.59 Å². The van der Waals surface area contributed by atoms with Crippen LogP contribution in [0.2, 0.25) is 0 Å². The van der Waals surface area contributed by atoms with Gasteiger partial charge in [0.2, 0.25) is 11.8 Å². The molecule has 0 aromatic heterocycles. The molecule has 1 fully saturated rings. The summed E-state index contributed by atoms with van der Waals surface area (Å²) < 4.78 is 35.3. The third-order valence-corrected chi connectivity index (χ3v) is 2.05. The highest BCUT2D eigenvalue weighted by molar-refractivity contribution is 5.78. The molecule has 0 atom stereocenters. The molecule has 0 spiro atoms. The predicted molar refractivity (Wildman–Crippen MR) is 44.9 cm³/mol. The molecular formula is C8H11F3N2O2. The van der Waals surface area contributed by atoms with Gasteiger partial charge in [-0.2, -0.15) is 13.2 Å². The Morgan fingerprint density at radius 2 is 1.93 bits per heavy atom. The molecule has 15 heavy (non-hydrogen) atoms. The van der Waals surface area contributed by atoms with Gasteiger partial charge >= 0.3 is 6.18 Å². The van der Waals surface area contributed by atoms with Crippen LogP contribution in [-0.4, -0.2) is 42.0 Å². The van der Waals surface area contributed by atoms with Crippen molar-refractivity contribution in [3.05, 3.63) is 0 Å². The Balaban J connectivity index is 2.22. The molecule has 2 amide bonds. The number of hydrogen-bond donors (Lipinski definition) is 1. The van der Waals surface area contributed by atoms with Crippen LogP contribution in [0.25, 0.3) is 0 Å². The zero-order valence-corrected chi connectivity index (χ0v) is 8.10. The third-order valence-electron chi connectivity index (χ3n) is 2.05. The summed E-state index contributed by atoms with van der Waals surface area (Å²) in [6.07, 6.45) is -5.95. The van der Waals surface area contributed by atoms with Crippen LogP contribution in [0.5, 0.6) is 0 Å². The molecule has 4 nitrogen and oxygen atoms in total. The number of carbonyl (C=O) groups excluding carboxylic acids is 2. The molecule has 0 aromatic carbocycles. The normalized spacial score (nSPS) is 17.2. The summed E-state index contributed by atoms with van der Waals surface area (Å²) in [4.78, 5) is 23.0. The number of rotatable bonds is 2. The smallest absolute Gasteiger partial charge is 0.350 e. The van der Waals surface area contributed by atoms with Crippen LogP contribution in [0.3, 0.4) is 0 Å². The number of amides is 2. The van der Waals surface area contributed by atoms with Crippen LogP contribution in [0.4, 0.5) is 13.2 Å². The van der Waals surface area contributed by atoms with Crippen molar-refractivity contribution in [3.63, 3.8) is 0 Å². The van der Waals surface area contributed by atoms with Gasteiger partial charge in [-0.3, -0.25) is 9.59 Å². The maximum Gasteiger partial charge on any atom is 0.397 e. The minimum absolute atomic E-state index is 0.142. The highest BCUT2D eigenvalue weighted by atomic mass is 19.4. The number of alkyl halides is 3. The minimum atomic E-state index is -4.48. The van der Waals surface area contributed by atoms with Gasteiger partial charge in [0.25, 0.3) is 0 Å². The first-order valence-corrected chi connectivity index (χ1v) is 4.39.